The number of hydrogen-bond donors (Lipinski definition) is 0. The van der Waals surface area contributed by atoms with Gasteiger partial charge in [0, 0.05) is 32.7 Å². The lowest BCUT2D eigenvalue weighted by molar-refractivity contribution is 0.0257. The maximum atomic E-state index is 12.9. The van der Waals surface area contributed by atoms with Gasteiger partial charge in [0.25, 0.3) is 0 Å². The average molecular weight is 308 g/mol. The van der Waals surface area contributed by atoms with E-state index in [0.29, 0.717) is 6.54 Å². The quantitative estimate of drug-likeness (QED) is 0.840. The smallest absolute Gasteiger partial charge is 0.410 e. The van der Waals surface area contributed by atoms with E-state index in [1.54, 1.807) is 4.90 Å². The molecule has 0 aromatic heterocycles. The first-order valence-electron chi connectivity index (χ1n) is 7.78. The van der Waals surface area contributed by atoms with Gasteiger partial charge in [0.05, 0.1) is 0 Å². The fourth-order valence-corrected chi connectivity index (χ4v) is 2.49. The van der Waals surface area contributed by atoms with Crippen molar-refractivity contribution in [2.75, 3.05) is 26.2 Å². The minimum Gasteiger partial charge on any atom is -0.444 e. The Morgan fingerprint density at radius 2 is 1.82 bits per heavy atom. The molecule has 2 rings (SSSR count). The standard InChI is InChI=1S/C17H25FN2O2/c1-17(2,3)22-16(21)20-10-4-9-19(11-12-20)13-14-5-7-15(18)8-6-14/h5-8H,4,9-13H2,1-3H3. The summed E-state index contributed by atoms with van der Waals surface area (Å²) >= 11 is 0. The maximum absolute atomic E-state index is 12.9. The van der Waals surface area contributed by atoms with Crippen LogP contribution in [0.5, 0.6) is 0 Å². The highest BCUT2D eigenvalue weighted by molar-refractivity contribution is 5.68. The molecule has 1 saturated heterocycles. The molecular weight excluding hydrogens is 283 g/mol. The van der Waals surface area contributed by atoms with Gasteiger partial charge in [-0.3, -0.25) is 4.90 Å². The Morgan fingerprint density at radius 1 is 1.14 bits per heavy atom. The van der Waals surface area contributed by atoms with Crippen LogP contribution in [-0.4, -0.2) is 47.7 Å². The number of rotatable bonds is 2. The van der Waals surface area contributed by atoms with Crippen LogP contribution in [0.1, 0.15) is 32.8 Å². The van der Waals surface area contributed by atoms with E-state index < -0.39 is 5.60 Å². The molecule has 5 heteroatoms. The van der Waals surface area contributed by atoms with Gasteiger partial charge < -0.3 is 9.64 Å². The number of hydrogen-bond acceptors (Lipinski definition) is 3. The molecule has 0 atom stereocenters. The van der Waals surface area contributed by atoms with Crippen LogP contribution < -0.4 is 0 Å². The monoisotopic (exact) mass is 308 g/mol. The highest BCUT2D eigenvalue weighted by atomic mass is 19.1. The van der Waals surface area contributed by atoms with Gasteiger partial charge in [0.15, 0.2) is 0 Å². The summed E-state index contributed by atoms with van der Waals surface area (Å²) in [5.74, 6) is -0.212. The first-order chi connectivity index (χ1) is 10.3. The van der Waals surface area contributed by atoms with Crippen LogP contribution in [0, 0.1) is 5.82 Å². The minimum atomic E-state index is -0.461. The highest BCUT2D eigenvalue weighted by Crippen LogP contribution is 2.13. The predicted molar refractivity (Wildman–Crippen MR) is 84.1 cm³/mol. The van der Waals surface area contributed by atoms with Crippen molar-refractivity contribution in [2.24, 2.45) is 0 Å². The van der Waals surface area contributed by atoms with E-state index in [1.165, 1.54) is 12.1 Å². The van der Waals surface area contributed by atoms with Gasteiger partial charge in [0.2, 0.25) is 0 Å². The number of carbonyl (C=O) groups excluding carboxylic acids is 1. The van der Waals surface area contributed by atoms with E-state index in [-0.39, 0.29) is 11.9 Å². The van der Waals surface area contributed by atoms with Gasteiger partial charge in [-0.1, -0.05) is 12.1 Å². The second-order valence-corrected chi connectivity index (χ2v) is 6.72. The van der Waals surface area contributed by atoms with Crippen molar-refractivity contribution >= 4 is 6.09 Å². The van der Waals surface area contributed by atoms with Gasteiger partial charge in [-0.15, -0.1) is 0 Å². The third-order valence-electron chi connectivity index (χ3n) is 3.56. The Hall–Kier alpha value is -1.62. The minimum absolute atomic E-state index is 0.212. The van der Waals surface area contributed by atoms with Crippen molar-refractivity contribution in [1.29, 1.82) is 0 Å². The van der Waals surface area contributed by atoms with Crippen molar-refractivity contribution in [3.63, 3.8) is 0 Å². The van der Waals surface area contributed by atoms with E-state index in [0.717, 1.165) is 38.2 Å². The molecular formula is C17H25FN2O2. The average Bonchev–Trinajstić information content (AvgIpc) is 2.65. The number of ether oxygens (including phenoxy) is 1. The van der Waals surface area contributed by atoms with Gasteiger partial charge in [-0.2, -0.15) is 0 Å². The number of carbonyl (C=O) groups is 1. The van der Waals surface area contributed by atoms with E-state index >= 15 is 0 Å². The molecule has 0 bridgehead atoms. The molecule has 0 aliphatic carbocycles. The van der Waals surface area contributed by atoms with Crippen LogP contribution in [0.2, 0.25) is 0 Å². The zero-order valence-electron chi connectivity index (χ0n) is 13.6. The molecule has 1 aliphatic heterocycles. The van der Waals surface area contributed by atoms with Crippen molar-refractivity contribution in [2.45, 2.75) is 39.3 Å². The third kappa shape index (κ3) is 5.30. The normalized spacial score (nSPS) is 17.2. The molecule has 22 heavy (non-hydrogen) atoms. The fraction of sp³-hybridized carbons (Fsp3) is 0.588. The van der Waals surface area contributed by atoms with Gasteiger partial charge in [0.1, 0.15) is 11.4 Å². The van der Waals surface area contributed by atoms with Gasteiger partial charge in [-0.05, 0) is 44.9 Å². The molecule has 122 valence electrons. The lowest BCUT2D eigenvalue weighted by Gasteiger charge is -2.26. The molecule has 1 fully saturated rings. The van der Waals surface area contributed by atoms with Crippen LogP contribution in [0.3, 0.4) is 0 Å². The third-order valence-corrected chi connectivity index (χ3v) is 3.56. The Kier molecular flexibility index (Phi) is 5.40. The van der Waals surface area contributed by atoms with Crippen molar-refractivity contribution in [3.8, 4) is 0 Å². The zero-order chi connectivity index (χ0) is 16.2. The number of nitrogens with zero attached hydrogens (tertiary/aromatic N) is 2. The molecule has 1 aromatic rings. The SMILES string of the molecule is CC(C)(C)OC(=O)N1CCCN(Cc2ccc(F)cc2)CC1. The van der Waals surface area contributed by atoms with Crippen LogP contribution in [0.15, 0.2) is 24.3 Å². The summed E-state index contributed by atoms with van der Waals surface area (Å²) in [4.78, 5) is 16.2. The highest BCUT2D eigenvalue weighted by Gasteiger charge is 2.24. The van der Waals surface area contributed by atoms with E-state index in [4.69, 9.17) is 4.74 Å². The molecule has 1 heterocycles. The Balaban J connectivity index is 1.87. The lowest BCUT2D eigenvalue weighted by Crippen LogP contribution is -2.39. The van der Waals surface area contributed by atoms with Crippen LogP contribution >= 0.6 is 0 Å². The summed E-state index contributed by atoms with van der Waals surface area (Å²) < 4.78 is 18.4. The first kappa shape index (κ1) is 16.7. The zero-order valence-corrected chi connectivity index (χ0v) is 13.6. The van der Waals surface area contributed by atoms with Gasteiger partial charge >= 0.3 is 6.09 Å². The largest absolute Gasteiger partial charge is 0.444 e. The Morgan fingerprint density at radius 3 is 2.45 bits per heavy atom. The molecule has 1 amide bonds. The van der Waals surface area contributed by atoms with Gasteiger partial charge in [-0.25, -0.2) is 9.18 Å². The predicted octanol–water partition coefficient (Wildman–Crippen LogP) is 3.27. The summed E-state index contributed by atoms with van der Waals surface area (Å²) in [6, 6.07) is 6.60. The molecule has 0 radical (unpaired) electrons. The number of benzene rings is 1. The molecule has 0 saturated carbocycles. The number of amides is 1. The Bertz CT molecular complexity index is 496. The fourth-order valence-electron chi connectivity index (χ4n) is 2.49. The molecule has 0 spiro atoms. The van der Waals surface area contributed by atoms with Crippen LogP contribution in [-0.2, 0) is 11.3 Å². The van der Waals surface area contributed by atoms with Crippen LogP contribution in [0.4, 0.5) is 9.18 Å². The molecule has 0 N–H and O–H groups in total. The van der Waals surface area contributed by atoms with Crippen molar-refractivity contribution in [1.82, 2.24) is 9.80 Å². The molecule has 0 unspecified atom stereocenters. The molecule has 1 aromatic carbocycles. The molecule has 4 nitrogen and oxygen atoms in total. The summed E-state index contributed by atoms with van der Waals surface area (Å²) in [7, 11) is 0. The second kappa shape index (κ2) is 7.09. The van der Waals surface area contributed by atoms with Crippen LogP contribution in [0.25, 0.3) is 0 Å². The molecule has 1 aliphatic rings. The summed E-state index contributed by atoms with van der Waals surface area (Å²) in [6.45, 7) is 9.53. The van der Waals surface area contributed by atoms with E-state index in [1.807, 2.05) is 32.9 Å². The summed E-state index contributed by atoms with van der Waals surface area (Å²) in [5, 5.41) is 0. The van der Waals surface area contributed by atoms with Crippen molar-refractivity contribution < 1.29 is 13.9 Å². The summed E-state index contributed by atoms with van der Waals surface area (Å²) in [5.41, 5.74) is 0.629. The van der Waals surface area contributed by atoms with Crippen molar-refractivity contribution in [3.05, 3.63) is 35.6 Å². The maximum Gasteiger partial charge on any atom is 0.410 e. The van der Waals surface area contributed by atoms with E-state index in [2.05, 4.69) is 4.90 Å². The van der Waals surface area contributed by atoms with E-state index in [9.17, 15) is 9.18 Å². The first-order valence-corrected chi connectivity index (χ1v) is 7.78. The Labute approximate surface area is 131 Å². The number of halogens is 1. The summed E-state index contributed by atoms with van der Waals surface area (Å²) in [6.07, 6.45) is 0.677. The topological polar surface area (TPSA) is 32.8 Å². The lowest BCUT2D eigenvalue weighted by atomic mass is 10.2. The second-order valence-electron chi connectivity index (χ2n) is 6.72.